The van der Waals surface area contributed by atoms with Crippen LogP contribution in [0.1, 0.15) is 19.8 Å². The molecule has 0 aliphatic carbocycles. The minimum Gasteiger partial charge on any atom is -0.399 e. The van der Waals surface area contributed by atoms with Crippen LogP contribution in [0.4, 0.5) is 5.69 Å². The molecule has 0 fully saturated rings. The van der Waals surface area contributed by atoms with Gasteiger partial charge in [-0.2, -0.15) is 0 Å². The number of ether oxygens (including phenoxy) is 1. The van der Waals surface area contributed by atoms with Gasteiger partial charge in [-0.1, -0.05) is 18.5 Å². The van der Waals surface area contributed by atoms with Crippen LogP contribution in [-0.2, 0) is 14.8 Å². The molecule has 0 amide bonds. The minimum absolute atomic E-state index is 0.0397. The van der Waals surface area contributed by atoms with Crippen molar-refractivity contribution in [2.45, 2.75) is 24.7 Å². The lowest BCUT2D eigenvalue weighted by molar-refractivity contribution is 0.133. The molecule has 0 bridgehead atoms. The average molecular weight is 307 g/mol. The van der Waals surface area contributed by atoms with Crippen molar-refractivity contribution in [2.24, 2.45) is 0 Å². The fourth-order valence-electron chi connectivity index (χ4n) is 1.44. The minimum atomic E-state index is -3.59. The summed E-state index contributed by atoms with van der Waals surface area (Å²) in [7, 11) is -3.59. The Bertz CT molecular complexity index is 506. The zero-order valence-corrected chi connectivity index (χ0v) is 12.4. The van der Waals surface area contributed by atoms with E-state index in [1.807, 2.05) is 6.92 Å². The maximum atomic E-state index is 12.0. The molecule has 108 valence electrons. The summed E-state index contributed by atoms with van der Waals surface area (Å²) in [6.07, 6.45) is 1.57. The maximum absolute atomic E-state index is 12.0. The van der Waals surface area contributed by atoms with Gasteiger partial charge in [-0.25, -0.2) is 13.1 Å². The van der Waals surface area contributed by atoms with Crippen molar-refractivity contribution in [3.05, 3.63) is 23.2 Å². The molecule has 0 radical (unpaired) electrons. The summed E-state index contributed by atoms with van der Waals surface area (Å²) in [5.41, 5.74) is 5.95. The van der Waals surface area contributed by atoms with E-state index in [1.54, 1.807) is 0 Å². The second-order valence-electron chi connectivity index (χ2n) is 4.05. The Hall–Kier alpha value is -0.820. The third-order valence-electron chi connectivity index (χ3n) is 2.35. The zero-order chi connectivity index (χ0) is 14.3. The third kappa shape index (κ3) is 5.36. The Morgan fingerprint density at radius 2 is 2.11 bits per heavy atom. The molecule has 5 nitrogen and oxygen atoms in total. The lowest BCUT2D eigenvalue weighted by atomic mass is 10.3. The van der Waals surface area contributed by atoms with Crippen LogP contribution >= 0.6 is 11.6 Å². The molecule has 3 N–H and O–H groups in total. The Morgan fingerprint density at radius 3 is 2.74 bits per heavy atom. The first-order valence-corrected chi connectivity index (χ1v) is 7.96. The molecule has 0 aliphatic heterocycles. The van der Waals surface area contributed by atoms with Gasteiger partial charge < -0.3 is 10.5 Å². The molecule has 0 atom stereocenters. The Morgan fingerprint density at radius 1 is 1.37 bits per heavy atom. The number of nitrogens with one attached hydrogen (secondary N) is 1. The standard InChI is InChI=1S/C12H19ClN2O3S/c1-2-7-18-8-3-6-15-19(16,17)12-5-4-10(14)9-11(12)13/h4-5,9,15H,2-3,6-8,14H2,1H3. The molecule has 1 aromatic rings. The summed E-state index contributed by atoms with van der Waals surface area (Å²) in [6.45, 7) is 3.56. The summed E-state index contributed by atoms with van der Waals surface area (Å²) in [5.74, 6) is 0. The number of hydrogen-bond donors (Lipinski definition) is 2. The number of anilines is 1. The van der Waals surface area contributed by atoms with E-state index in [4.69, 9.17) is 22.1 Å². The summed E-state index contributed by atoms with van der Waals surface area (Å²) in [5, 5.41) is 0.120. The maximum Gasteiger partial charge on any atom is 0.242 e. The molecule has 0 aliphatic rings. The first-order valence-electron chi connectivity index (χ1n) is 6.10. The molecule has 0 unspecified atom stereocenters. The highest BCUT2D eigenvalue weighted by atomic mass is 35.5. The van der Waals surface area contributed by atoms with Gasteiger partial charge in [0.1, 0.15) is 4.90 Å². The first kappa shape index (κ1) is 16.2. The van der Waals surface area contributed by atoms with Crippen LogP contribution in [0.25, 0.3) is 0 Å². The Kier molecular flexibility index (Phi) is 6.57. The van der Waals surface area contributed by atoms with Crippen LogP contribution in [0, 0.1) is 0 Å². The number of sulfonamides is 1. The number of halogens is 1. The SMILES string of the molecule is CCCOCCCNS(=O)(=O)c1ccc(N)cc1Cl. The highest BCUT2D eigenvalue weighted by Crippen LogP contribution is 2.23. The fraction of sp³-hybridized carbons (Fsp3) is 0.500. The van der Waals surface area contributed by atoms with E-state index in [0.29, 0.717) is 31.9 Å². The predicted octanol–water partition coefficient (Wildman–Crippen LogP) is 2.02. The van der Waals surface area contributed by atoms with Crippen molar-refractivity contribution in [3.8, 4) is 0 Å². The summed E-state index contributed by atoms with van der Waals surface area (Å²) in [6, 6.07) is 4.32. The van der Waals surface area contributed by atoms with E-state index in [-0.39, 0.29) is 9.92 Å². The summed E-state index contributed by atoms with van der Waals surface area (Å²) in [4.78, 5) is 0.0397. The molecule has 0 heterocycles. The van der Waals surface area contributed by atoms with Gasteiger partial charge in [-0.05, 0) is 31.0 Å². The number of nitrogen functional groups attached to an aromatic ring is 1. The normalized spacial score (nSPS) is 11.7. The van der Waals surface area contributed by atoms with E-state index in [9.17, 15) is 8.42 Å². The monoisotopic (exact) mass is 306 g/mol. The van der Waals surface area contributed by atoms with Gasteiger partial charge in [0, 0.05) is 25.4 Å². The molecule has 0 spiro atoms. The highest BCUT2D eigenvalue weighted by Gasteiger charge is 2.17. The molecular formula is C12H19ClN2O3S. The molecule has 1 rings (SSSR count). The van der Waals surface area contributed by atoms with Gasteiger partial charge in [0.2, 0.25) is 10.0 Å². The highest BCUT2D eigenvalue weighted by molar-refractivity contribution is 7.89. The van der Waals surface area contributed by atoms with Crippen LogP contribution < -0.4 is 10.5 Å². The molecule has 19 heavy (non-hydrogen) atoms. The zero-order valence-electron chi connectivity index (χ0n) is 10.9. The topological polar surface area (TPSA) is 81.4 Å². The van der Waals surface area contributed by atoms with Crippen LogP contribution in [0.2, 0.25) is 5.02 Å². The molecule has 0 saturated carbocycles. The third-order valence-corrected chi connectivity index (χ3v) is 4.30. The van der Waals surface area contributed by atoms with Crippen molar-refractivity contribution in [3.63, 3.8) is 0 Å². The lowest BCUT2D eigenvalue weighted by Gasteiger charge is -2.09. The smallest absolute Gasteiger partial charge is 0.242 e. The molecule has 0 saturated heterocycles. The molecule has 0 aromatic heterocycles. The predicted molar refractivity (Wildman–Crippen MR) is 76.8 cm³/mol. The molecule has 1 aromatic carbocycles. The second-order valence-corrected chi connectivity index (χ2v) is 6.20. The summed E-state index contributed by atoms with van der Waals surface area (Å²) >= 11 is 5.87. The number of nitrogens with two attached hydrogens (primary N) is 1. The Balaban J connectivity index is 2.52. The van der Waals surface area contributed by atoms with Gasteiger partial charge in [-0.3, -0.25) is 0 Å². The Labute approximate surface area is 119 Å². The summed E-state index contributed by atoms with van der Waals surface area (Å²) < 4.78 is 31.7. The van der Waals surface area contributed by atoms with Gasteiger partial charge in [-0.15, -0.1) is 0 Å². The van der Waals surface area contributed by atoms with E-state index in [1.165, 1.54) is 18.2 Å². The molecular weight excluding hydrogens is 288 g/mol. The van der Waals surface area contributed by atoms with Crippen LogP contribution in [0.15, 0.2) is 23.1 Å². The van der Waals surface area contributed by atoms with E-state index >= 15 is 0 Å². The van der Waals surface area contributed by atoms with Gasteiger partial charge in [0.25, 0.3) is 0 Å². The quantitative estimate of drug-likeness (QED) is 0.568. The van der Waals surface area contributed by atoms with Crippen molar-refractivity contribution in [1.29, 1.82) is 0 Å². The van der Waals surface area contributed by atoms with Crippen LogP contribution in [-0.4, -0.2) is 28.2 Å². The molecule has 7 heteroatoms. The van der Waals surface area contributed by atoms with Crippen molar-refractivity contribution in [1.82, 2.24) is 4.72 Å². The average Bonchev–Trinajstić information content (AvgIpc) is 2.33. The first-order chi connectivity index (χ1) is 8.97. The van der Waals surface area contributed by atoms with E-state index in [0.717, 1.165) is 6.42 Å². The fourth-order valence-corrected chi connectivity index (χ4v) is 3.07. The van der Waals surface area contributed by atoms with Gasteiger partial charge in [0.05, 0.1) is 5.02 Å². The van der Waals surface area contributed by atoms with Crippen molar-refractivity contribution in [2.75, 3.05) is 25.5 Å². The van der Waals surface area contributed by atoms with Gasteiger partial charge in [0.15, 0.2) is 0 Å². The number of hydrogen-bond acceptors (Lipinski definition) is 4. The van der Waals surface area contributed by atoms with E-state index in [2.05, 4.69) is 4.72 Å². The number of benzene rings is 1. The van der Waals surface area contributed by atoms with E-state index < -0.39 is 10.0 Å². The van der Waals surface area contributed by atoms with Crippen molar-refractivity contribution >= 4 is 27.3 Å². The van der Waals surface area contributed by atoms with Gasteiger partial charge >= 0.3 is 0 Å². The van der Waals surface area contributed by atoms with Crippen molar-refractivity contribution < 1.29 is 13.2 Å². The number of rotatable bonds is 8. The largest absolute Gasteiger partial charge is 0.399 e. The lowest BCUT2D eigenvalue weighted by Crippen LogP contribution is -2.26. The second kappa shape index (κ2) is 7.69. The van der Waals surface area contributed by atoms with Crippen LogP contribution in [0.5, 0.6) is 0 Å². The van der Waals surface area contributed by atoms with Crippen LogP contribution in [0.3, 0.4) is 0 Å².